The average molecular weight is 752 g/mol. The first kappa shape index (κ1) is 36.3. The van der Waals surface area contributed by atoms with Crippen molar-refractivity contribution >= 4 is 38.8 Å². The van der Waals surface area contributed by atoms with Gasteiger partial charge in [0.25, 0.3) is 0 Å². The number of aromatic nitrogens is 2. The summed E-state index contributed by atoms with van der Waals surface area (Å²) in [7, 11) is 0. The fourth-order valence-electron chi connectivity index (χ4n) is 4.19. The second-order valence-corrected chi connectivity index (χ2v) is 9.16. The van der Waals surface area contributed by atoms with Gasteiger partial charge in [0.05, 0.1) is 22.4 Å². The number of para-hydroxylation sites is 2. The van der Waals surface area contributed by atoms with Crippen LogP contribution in [0.1, 0.15) is 17.0 Å². The number of nitrogens with one attached hydrogen (secondary N) is 1. The third-order valence-corrected chi connectivity index (χ3v) is 6.36. The van der Waals surface area contributed by atoms with Crippen molar-refractivity contribution in [3.63, 3.8) is 0 Å². The predicted molar refractivity (Wildman–Crippen MR) is 152 cm³/mol. The minimum Gasteiger partial charge on any atom is 0 e. The van der Waals surface area contributed by atoms with Crippen LogP contribution in [0.3, 0.4) is 0 Å². The Bertz CT molecular complexity index is 1530. The molecule has 0 fully saturated rings. The van der Waals surface area contributed by atoms with Gasteiger partial charge in [-0.25, -0.2) is 0 Å². The van der Waals surface area contributed by atoms with Crippen LogP contribution >= 0.6 is 0 Å². The number of benzene rings is 3. The van der Waals surface area contributed by atoms with Gasteiger partial charge >= 0.3 is 33.9 Å². The molecule has 1 atom stereocenters. The van der Waals surface area contributed by atoms with E-state index in [4.69, 9.17) is 23.9 Å². The van der Waals surface area contributed by atoms with E-state index in [1.807, 2.05) is 48.5 Å². The Balaban J connectivity index is 0.00000119. The predicted octanol–water partition coefficient (Wildman–Crippen LogP) is 5.12. The second kappa shape index (κ2) is 20.2. The molecule has 0 spiro atoms. The summed E-state index contributed by atoms with van der Waals surface area (Å²) in [6.07, 6.45) is 0.821. The molecule has 11 heteroatoms. The molecular formula is C31H25N4O5ReS-. The fraction of sp³-hybridized carbons (Fsp3) is 0.129. The molecule has 0 amide bonds. The van der Waals surface area contributed by atoms with E-state index < -0.39 is 11.3 Å². The van der Waals surface area contributed by atoms with Crippen LogP contribution in [0.2, 0.25) is 0 Å². The maximum absolute atomic E-state index is 10.8. The molecule has 0 aliphatic rings. The van der Waals surface area contributed by atoms with Crippen molar-refractivity contribution in [3.05, 3.63) is 134 Å². The van der Waals surface area contributed by atoms with Gasteiger partial charge in [0.15, 0.2) is 0 Å². The molecule has 5 aromatic rings. The number of hydrogen-bond donors (Lipinski definition) is 1. The van der Waals surface area contributed by atoms with Crippen LogP contribution in [0.25, 0.3) is 21.8 Å². The average Bonchev–Trinajstić information content (AvgIpc) is 3.03. The molecule has 0 saturated carbocycles. The van der Waals surface area contributed by atoms with Gasteiger partial charge in [0.1, 0.15) is 0 Å². The van der Waals surface area contributed by atoms with Crippen LogP contribution in [0.15, 0.2) is 97.1 Å². The summed E-state index contributed by atoms with van der Waals surface area (Å²) >= 11 is -2.32. The van der Waals surface area contributed by atoms with Crippen molar-refractivity contribution in [3.8, 4) is 0 Å². The van der Waals surface area contributed by atoms with Crippen LogP contribution in [-0.2, 0) is 65.2 Å². The maximum Gasteiger partial charge on any atom is 0 e. The van der Waals surface area contributed by atoms with E-state index in [1.165, 1.54) is 0 Å². The van der Waals surface area contributed by atoms with E-state index in [-0.39, 0.29) is 20.4 Å². The first-order chi connectivity index (χ1) is 20.1. The summed E-state index contributed by atoms with van der Waals surface area (Å²) in [6.45, 7) is 15.7. The molecule has 213 valence electrons. The molecule has 0 aliphatic carbocycles. The van der Waals surface area contributed by atoms with Crippen molar-refractivity contribution in [2.24, 2.45) is 0 Å². The summed E-state index contributed by atoms with van der Waals surface area (Å²) in [4.78, 5) is 12.1. The zero-order valence-corrected chi connectivity index (χ0v) is 25.8. The minimum atomic E-state index is -2.32. The first-order valence-corrected chi connectivity index (χ1v) is 13.2. The minimum absolute atomic E-state index is 0. The van der Waals surface area contributed by atoms with Crippen LogP contribution in [-0.4, -0.2) is 30.2 Å². The molecule has 9 nitrogen and oxygen atoms in total. The Morgan fingerprint density at radius 1 is 0.690 bits per heavy atom. The maximum atomic E-state index is 10.8. The summed E-state index contributed by atoms with van der Waals surface area (Å²) in [5.41, 5.74) is 5.71. The van der Waals surface area contributed by atoms with Gasteiger partial charge < -0.3 is 9.27 Å². The molecule has 1 radical (unpaired) electrons. The smallest absolute Gasteiger partial charge is 0 e. The normalized spacial score (nSPS) is 10.4. The molecular weight excluding hydrogens is 727 g/mol. The Hall–Kier alpha value is -3.77. The number of rotatable bonds is 9. The third-order valence-electron chi connectivity index (χ3n) is 5.96. The van der Waals surface area contributed by atoms with Gasteiger partial charge in [0.2, 0.25) is 0 Å². The van der Waals surface area contributed by atoms with E-state index >= 15 is 0 Å². The number of anilines is 1. The van der Waals surface area contributed by atoms with E-state index in [2.05, 4.69) is 66.0 Å². The molecule has 0 bridgehead atoms. The molecule has 2 aromatic heterocycles. The number of nitrogens with zero attached hydrogens (tertiary/aromatic N) is 3. The molecule has 5 rings (SSSR count). The van der Waals surface area contributed by atoms with Gasteiger partial charge in [-0.3, -0.25) is 19.1 Å². The standard InChI is InChI=1S/C28H26N4O2S.3CO.Re/c33-35(34)31-24-13-9-21(10-14-24)17-18-32(19-25-15-11-22-5-1-3-7-27(22)29-25)20-26-16-12-23-6-2-4-8-28(23)30-26;3*1-2;/h1-16,31H,17-20H2,(H,33,34);;;;/p-1. The quantitative estimate of drug-likeness (QED) is 0.127. The molecule has 0 aliphatic heterocycles. The van der Waals surface area contributed by atoms with E-state index in [9.17, 15) is 8.76 Å². The number of hydrogen-bond acceptors (Lipinski definition) is 5. The van der Waals surface area contributed by atoms with Crippen molar-refractivity contribution in [1.29, 1.82) is 0 Å². The topological polar surface area (TPSA) is 141 Å². The van der Waals surface area contributed by atoms with E-state index in [0.29, 0.717) is 18.8 Å². The van der Waals surface area contributed by atoms with Crippen LogP contribution in [0.5, 0.6) is 0 Å². The van der Waals surface area contributed by atoms with Crippen LogP contribution in [0, 0.1) is 20.0 Å². The zero-order valence-electron chi connectivity index (χ0n) is 22.2. The van der Waals surface area contributed by atoms with Crippen molar-refractivity contribution in [1.82, 2.24) is 14.9 Å². The van der Waals surface area contributed by atoms with Crippen LogP contribution in [0.4, 0.5) is 5.69 Å². The van der Waals surface area contributed by atoms with Crippen molar-refractivity contribution in [2.75, 3.05) is 11.3 Å². The van der Waals surface area contributed by atoms with Gasteiger partial charge in [-0.2, -0.15) is 0 Å². The summed E-state index contributed by atoms with van der Waals surface area (Å²) in [5.74, 6) is 0. The number of fused-ring (bicyclic) bond motifs is 2. The van der Waals surface area contributed by atoms with Gasteiger partial charge in [0, 0.05) is 67.8 Å². The van der Waals surface area contributed by atoms with Crippen molar-refractivity contribution in [2.45, 2.75) is 19.5 Å². The molecule has 1 unspecified atom stereocenters. The van der Waals surface area contributed by atoms with E-state index in [1.54, 1.807) is 12.1 Å². The Labute approximate surface area is 260 Å². The van der Waals surface area contributed by atoms with Gasteiger partial charge in [-0.15, -0.1) is 0 Å². The first-order valence-electron chi connectivity index (χ1n) is 12.1. The fourth-order valence-corrected chi connectivity index (χ4v) is 4.52. The van der Waals surface area contributed by atoms with Crippen molar-refractivity contribution < 1.29 is 43.1 Å². The third kappa shape index (κ3) is 11.2. The molecule has 0 saturated heterocycles. The number of pyridine rings is 2. The Morgan fingerprint density at radius 2 is 1.14 bits per heavy atom. The molecule has 2 heterocycles. The monoisotopic (exact) mass is 752 g/mol. The molecule has 42 heavy (non-hydrogen) atoms. The van der Waals surface area contributed by atoms with E-state index in [0.717, 1.165) is 51.7 Å². The second-order valence-electron chi connectivity index (χ2n) is 8.48. The largest absolute Gasteiger partial charge is 0 e. The van der Waals surface area contributed by atoms with Crippen LogP contribution < -0.4 is 4.72 Å². The summed E-state index contributed by atoms with van der Waals surface area (Å²) in [6, 6.07) is 32.2. The summed E-state index contributed by atoms with van der Waals surface area (Å²) in [5, 5.41) is 2.26. The Kier molecular flexibility index (Phi) is 17.4. The van der Waals surface area contributed by atoms with Gasteiger partial charge in [-0.1, -0.05) is 60.7 Å². The zero-order chi connectivity index (χ0) is 30.0. The van der Waals surface area contributed by atoms with Gasteiger partial charge in [-0.05, 0) is 48.4 Å². The SMILES string of the molecule is O=S([O-])Nc1ccc(CCN(Cc2ccc3ccccc3n2)Cc2ccc3ccccc3n2)cc1.[C-]#[O+].[C-]#[O+].[C-]#[O+].[Re]. The summed E-state index contributed by atoms with van der Waals surface area (Å²) < 4.78 is 46.6. The molecule has 1 N–H and O–H groups in total. The Morgan fingerprint density at radius 3 is 1.60 bits per heavy atom. The molecule has 3 aromatic carbocycles.